The fourth-order valence-electron chi connectivity index (χ4n) is 4.74. The van der Waals surface area contributed by atoms with Crippen LogP contribution in [0.3, 0.4) is 0 Å². The summed E-state index contributed by atoms with van der Waals surface area (Å²) in [7, 11) is 0. The van der Waals surface area contributed by atoms with Crippen molar-refractivity contribution in [3.05, 3.63) is 83.4 Å². The van der Waals surface area contributed by atoms with Gasteiger partial charge in [0, 0.05) is 42.4 Å². The Morgan fingerprint density at radius 2 is 1.88 bits per heavy atom. The molecule has 1 atom stereocenters. The summed E-state index contributed by atoms with van der Waals surface area (Å²) in [5.74, 6) is 1.91. The lowest BCUT2D eigenvalue weighted by molar-refractivity contribution is 0.0668. The number of allylic oxidation sites excluding steroid dienone is 1. The van der Waals surface area contributed by atoms with Crippen LogP contribution in [0.4, 0.5) is 10.1 Å². The van der Waals surface area contributed by atoms with Gasteiger partial charge in [-0.3, -0.25) is 9.29 Å². The minimum absolute atomic E-state index is 0.189. The van der Waals surface area contributed by atoms with E-state index in [-0.39, 0.29) is 24.4 Å². The molecular formula is C28H29FN2O3. The van der Waals surface area contributed by atoms with Crippen LogP contribution in [0.2, 0.25) is 0 Å². The maximum absolute atomic E-state index is 12.6. The Hall–Kier alpha value is -3.51. The Labute approximate surface area is 199 Å². The number of alkyl halides is 1. The molecule has 0 aromatic heterocycles. The van der Waals surface area contributed by atoms with Crippen LogP contribution in [-0.4, -0.2) is 42.9 Å². The molecule has 0 spiro atoms. The van der Waals surface area contributed by atoms with Crippen molar-refractivity contribution >= 4 is 16.8 Å². The summed E-state index contributed by atoms with van der Waals surface area (Å²) >= 11 is 0. The maximum Gasteiger partial charge on any atom is 0.150 e. The number of nitrogen functional groups attached to an aromatic ring is 1. The number of hydrogen-bond acceptors (Lipinski definition) is 5. The number of anilines is 1. The van der Waals surface area contributed by atoms with E-state index in [9.17, 15) is 9.50 Å². The van der Waals surface area contributed by atoms with Crippen molar-refractivity contribution < 1.29 is 19.0 Å². The lowest BCUT2D eigenvalue weighted by atomic mass is 9.86. The summed E-state index contributed by atoms with van der Waals surface area (Å²) in [6.07, 6.45) is -0.327. The molecule has 0 unspecified atom stereocenters. The smallest absolute Gasteiger partial charge is 0.150 e. The summed E-state index contributed by atoms with van der Waals surface area (Å²) in [4.78, 5) is 2.20. The first-order chi connectivity index (χ1) is 16.5. The average molecular weight is 461 g/mol. The summed E-state index contributed by atoms with van der Waals surface area (Å²) in [6, 6.07) is 20.9. The number of fused-ring (bicyclic) bond motifs is 1. The first-order valence-corrected chi connectivity index (χ1v) is 11.6. The third kappa shape index (κ3) is 4.46. The van der Waals surface area contributed by atoms with Crippen LogP contribution < -0.4 is 15.2 Å². The Balaban J connectivity index is 1.38. The van der Waals surface area contributed by atoms with Crippen molar-refractivity contribution in [2.24, 2.45) is 5.92 Å². The quantitative estimate of drug-likeness (QED) is 0.467. The minimum Gasteiger partial charge on any atom is -0.508 e. The van der Waals surface area contributed by atoms with Gasteiger partial charge in [0.05, 0.1) is 6.67 Å². The predicted molar refractivity (Wildman–Crippen MR) is 133 cm³/mol. The normalized spacial score (nSPS) is 18.2. The van der Waals surface area contributed by atoms with Gasteiger partial charge in [0.15, 0.2) is 0 Å². The molecule has 1 saturated heterocycles. The van der Waals surface area contributed by atoms with Crippen LogP contribution >= 0.6 is 0 Å². The van der Waals surface area contributed by atoms with Gasteiger partial charge < -0.3 is 20.3 Å². The molecule has 0 radical (unpaired) electrons. The van der Waals surface area contributed by atoms with Crippen LogP contribution in [0.15, 0.2) is 66.7 Å². The molecule has 6 heteroatoms. The lowest BCUT2D eigenvalue weighted by Gasteiger charge is -2.37. The van der Waals surface area contributed by atoms with Gasteiger partial charge in [0.2, 0.25) is 0 Å². The molecular weight excluding hydrogens is 431 g/mol. The average Bonchev–Trinajstić information content (AvgIpc) is 2.81. The molecule has 0 bridgehead atoms. The lowest BCUT2D eigenvalue weighted by Crippen LogP contribution is -2.49. The molecule has 0 aliphatic carbocycles. The van der Waals surface area contributed by atoms with Crippen LogP contribution in [0.25, 0.3) is 11.1 Å². The molecule has 3 aromatic carbocycles. The second-order valence-corrected chi connectivity index (χ2v) is 9.04. The van der Waals surface area contributed by atoms with Crippen molar-refractivity contribution in [2.75, 3.05) is 38.6 Å². The number of nitrogens with zero attached hydrogens (tertiary/aromatic N) is 1. The number of phenols is 1. The topological polar surface area (TPSA) is 68.0 Å². The monoisotopic (exact) mass is 460 g/mol. The third-order valence-corrected chi connectivity index (χ3v) is 6.59. The highest BCUT2D eigenvalue weighted by Crippen LogP contribution is 2.47. The van der Waals surface area contributed by atoms with Crippen molar-refractivity contribution in [3.8, 4) is 17.2 Å². The highest BCUT2D eigenvalue weighted by atomic mass is 19.1. The Morgan fingerprint density at radius 1 is 1.09 bits per heavy atom. The molecule has 3 N–H and O–H groups in total. The Morgan fingerprint density at radius 3 is 2.62 bits per heavy atom. The van der Waals surface area contributed by atoms with E-state index in [2.05, 4.69) is 4.90 Å². The summed E-state index contributed by atoms with van der Waals surface area (Å²) in [5.41, 5.74) is 11.7. The van der Waals surface area contributed by atoms with Crippen LogP contribution in [0.5, 0.6) is 17.2 Å². The Bertz CT molecular complexity index is 1200. The van der Waals surface area contributed by atoms with Gasteiger partial charge in [-0.2, -0.15) is 0 Å². The number of aromatic hydroxyl groups is 1. The van der Waals surface area contributed by atoms with Gasteiger partial charge >= 0.3 is 0 Å². The van der Waals surface area contributed by atoms with Crippen molar-refractivity contribution in [1.29, 1.82) is 0 Å². The molecule has 176 valence electrons. The minimum atomic E-state index is -0.327. The Kier molecular flexibility index (Phi) is 6.16. The fourth-order valence-corrected chi connectivity index (χ4v) is 4.74. The van der Waals surface area contributed by atoms with E-state index in [0.717, 1.165) is 59.0 Å². The first kappa shape index (κ1) is 22.3. The molecule has 34 heavy (non-hydrogen) atoms. The molecule has 2 heterocycles. The van der Waals surface area contributed by atoms with E-state index in [1.54, 1.807) is 18.2 Å². The summed E-state index contributed by atoms with van der Waals surface area (Å²) < 4.78 is 24.9. The van der Waals surface area contributed by atoms with Crippen molar-refractivity contribution in [1.82, 2.24) is 4.90 Å². The number of likely N-dealkylation sites (tertiary alicyclic amines) is 1. The van der Waals surface area contributed by atoms with E-state index in [4.69, 9.17) is 15.2 Å². The number of halogens is 1. The molecule has 1 fully saturated rings. The van der Waals surface area contributed by atoms with E-state index in [0.29, 0.717) is 12.3 Å². The molecule has 3 aromatic rings. The van der Waals surface area contributed by atoms with Crippen LogP contribution in [-0.2, 0) is 0 Å². The summed E-state index contributed by atoms with van der Waals surface area (Å²) in [6.45, 7) is 4.81. The van der Waals surface area contributed by atoms with Crippen molar-refractivity contribution in [3.63, 3.8) is 0 Å². The number of phenolic OH excluding ortho intramolecular Hbond substituents is 1. The van der Waals surface area contributed by atoms with E-state index < -0.39 is 0 Å². The van der Waals surface area contributed by atoms with Gasteiger partial charge in [-0.25, -0.2) is 0 Å². The summed E-state index contributed by atoms with van der Waals surface area (Å²) in [5, 5.41) is 10.0. The predicted octanol–water partition coefficient (Wildman–Crippen LogP) is 5.32. The second-order valence-electron chi connectivity index (χ2n) is 9.04. The molecule has 2 aliphatic heterocycles. The number of rotatable bonds is 7. The zero-order valence-electron chi connectivity index (χ0n) is 19.2. The van der Waals surface area contributed by atoms with Gasteiger partial charge in [-0.1, -0.05) is 24.3 Å². The zero-order chi connectivity index (χ0) is 23.7. The van der Waals surface area contributed by atoms with Crippen LogP contribution in [0.1, 0.15) is 29.7 Å². The second kappa shape index (κ2) is 9.39. The third-order valence-electron chi connectivity index (χ3n) is 6.59. The molecule has 5 rings (SSSR count). The molecule has 2 aliphatic rings. The zero-order valence-corrected chi connectivity index (χ0v) is 19.2. The maximum atomic E-state index is 12.6. The number of hydrogen-bond donors (Lipinski definition) is 2. The van der Waals surface area contributed by atoms with E-state index >= 15 is 0 Å². The first-order valence-electron chi connectivity index (χ1n) is 11.6. The van der Waals surface area contributed by atoms with Crippen molar-refractivity contribution in [2.45, 2.75) is 13.0 Å². The van der Waals surface area contributed by atoms with E-state index in [1.807, 2.05) is 55.5 Å². The highest BCUT2D eigenvalue weighted by Gasteiger charge is 2.30. The largest absolute Gasteiger partial charge is 0.508 e. The van der Waals surface area contributed by atoms with Gasteiger partial charge in [0.25, 0.3) is 0 Å². The van der Waals surface area contributed by atoms with Gasteiger partial charge in [-0.05, 0) is 66.1 Å². The SMILES string of the molecule is CC1=C(c2cccc(N)c2)[C@H](c2ccc(OCCN3CC(CF)C3)cc2)Oc2ccc(O)cc21. The van der Waals surface area contributed by atoms with Gasteiger partial charge in [-0.15, -0.1) is 0 Å². The highest BCUT2D eigenvalue weighted by molar-refractivity contribution is 5.96. The molecule has 0 saturated carbocycles. The number of ether oxygens (including phenoxy) is 2. The number of benzene rings is 3. The molecule has 5 nitrogen and oxygen atoms in total. The molecule has 0 amide bonds. The fraction of sp³-hybridized carbons (Fsp3) is 0.286. The number of nitrogens with two attached hydrogens (primary N) is 1. The van der Waals surface area contributed by atoms with Gasteiger partial charge in [0.1, 0.15) is 30.0 Å². The van der Waals surface area contributed by atoms with E-state index in [1.165, 1.54) is 0 Å². The standard InChI is InChI=1S/C28H29FN2O3/c1-18-25-14-23(32)7-10-26(25)34-28(27(18)21-3-2-4-22(30)13-21)20-5-8-24(9-6-20)33-12-11-31-16-19(15-29)17-31/h2-10,13-14,19,28,32H,11-12,15-17,30H2,1H3/t28-/m0/s1. The van der Waals surface area contributed by atoms with Crippen LogP contribution in [0, 0.1) is 5.92 Å².